The lowest BCUT2D eigenvalue weighted by molar-refractivity contribution is 0.427. The monoisotopic (exact) mass is 287 g/mol. The van der Waals surface area contributed by atoms with Crippen molar-refractivity contribution in [1.29, 1.82) is 0 Å². The Morgan fingerprint density at radius 1 is 1.20 bits per heavy atom. The highest BCUT2D eigenvalue weighted by Gasteiger charge is 2.14. The molecule has 1 N–H and O–H groups in total. The normalized spacial score (nSPS) is 11.2. The summed E-state index contributed by atoms with van der Waals surface area (Å²) in [5.74, 6) is 0.149. The Balaban J connectivity index is 2.08. The fraction of sp³-hybridized carbons (Fsp3) is 0.200. The number of aromatic hydroxyl groups is 1. The molecule has 0 amide bonds. The number of aryl methyl sites for hydroxylation is 2. The molecule has 0 aliphatic rings. The number of hydrogen-bond acceptors (Lipinski definition) is 3. The van der Waals surface area contributed by atoms with Gasteiger partial charge in [-0.05, 0) is 31.5 Å². The van der Waals surface area contributed by atoms with Gasteiger partial charge >= 0.3 is 0 Å². The Labute approximate surface area is 121 Å². The summed E-state index contributed by atoms with van der Waals surface area (Å²) in [6.07, 6.45) is 0.594. The lowest BCUT2D eigenvalue weighted by Gasteiger charge is -2.09. The van der Waals surface area contributed by atoms with Crippen LogP contribution in [-0.4, -0.2) is 19.7 Å². The van der Waals surface area contributed by atoms with Crippen molar-refractivity contribution in [2.45, 2.75) is 20.3 Å². The molecule has 20 heavy (non-hydrogen) atoms. The van der Waals surface area contributed by atoms with Crippen LogP contribution >= 0.6 is 11.6 Å². The van der Waals surface area contributed by atoms with Gasteiger partial charge in [-0.3, -0.25) is 0 Å². The van der Waals surface area contributed by atoms with Gasteiger partial charge in [-0.1, -0.05) is 23.7 Å². The molecule has 5 heteroatoms. The first-order valence-corrected chi connectivity index (χ1v) is 6.71. The largest absolute Gasteiger partial charge is 0.493 e. The summed E-state index contributed by atoms with van der Waals surface area (Å²) in [7, 11) is 0. The van der Waals surface area contributed by atoms with Crippen molar-refractivity contribution in [2.24, 2.45) is 0 Å². The Morgan fingerprint density at radius 3 is 2.60 bits per heavy atom. The second-order valence-corrected chi connectivity index (χ2v) is 5.29. The second-order valence-electron chi connectivity index (χ2n) is 4.86. The van der Waals surface area contributed by atoms with Crippen LogP contribution < -0.4 is 0 Å². The molecular formula is C15H14ClN3O. The highest BCUT2D eigenvalue weighted by Crippen LogP contribution is 2.25. The number of aromatic nitrogens is 3. The predicted molar refractivity (Wildman–Crippen MR) is 78.4 cm³/mol. The third-order valence-electron chi connectivity index (χ3n) is 3.30. The fourth-order valence-corrected chi connectivity index (χ4v) is 2.39. The zero-order valence-corrected chi connectivity index (χ0v) is 12.0. The van der Waals surface area contributed by atoms with Crippen LogP contribution in [0.1, 0.15) is 22.5 Å². The van der Waals surface area contributed by atoms with Gasteiger partial charge in [-0.25, -0.2) is 4.98 Å². The summed E-state index contributed by atoms with van der Waals surface area (Å²) in [4.78, 5) is 4.49. The van der Waals surface area contributed by atoms with E-state index in [1.807, 2.05) is 44.2 Å². The minimum absolute atomic E-state index is 0.149. The Morgan fingerprint density at radius 2 is 1.90 bits per heavy atom. The zero-order valence-electron chi connectivity index (χ0n) is 11.3. The highest BCUT2D eigenvalue weighted by molar-refractivity contribution is 6.30. The topological polar surface area (TPSA) is 50.4 Å². The molecule has 0 radical (unpaired) electrons. The van der Waals surface area contributed by atoms with Gasteiger partial charge in [0.2, 0.25) is 5.88 Å². The third-order valence-corrected chi connectivity index (χ3v) is 3.55. The van der Waals surface area contributed by atoms with Crippen molar-refractivity contribution in [1.82, 2.24) is 14.6 Å². The van der Waals surface area contributed by atoms with E-state index in [4.69, 9.17) is 11.6 Å². The molecule has 4 nitrogen and oxygen atoms in total. The smallest absolute Gasteiger partial charge is 0.219 e. The Bertz CT molecular complexity index is 778. The van der Waals surface area contributed by atoms with Crippen molar-refractivity contribution >= 4 is 17.2 Å². The quantitative estimate of drug-likeness (QED) is 0.787. The van der Waals surface area contributed by atoms with Crippen molar-refractivity contribution < 1.29 is 5.11 Å². The van der Waals surface area contributed by atoms with Gasteiger partial charge in [0.25, 0.3) is 0 Å². The minimum atomic E-state index is 0.149. The van der Waals surface area contributed by atoms with Crippen LogP contribution in [0.3, 0.4) is 0 Å². The molecule has 0 spiro atoms. The summed E-state index contributed by atoms with van der Waals surface area (Å²) in [5.41, 5.74) is 4.15. The molecule has 3 rings (SSSR count). The lowest BCUT2D eigenvalue weighted by Crippen LogP contribution is -2.02. The van der Waals surface area contributed by atoms with Gasteiger partial charge in [0.15, 0.2) is 5.65 Å². The summed E-state index contributed by atoms with van der Waals surface area (Å²) >= 11 is 5.88. The number of fused-ring (bicyclic) bond motifs is 1. The maximum atomic E-state index is 10.4. The average Bonchev–Trinajstić information content (AvgIpc) is 2.77. The summed E-state index contributed by atoms with van der Waals surface area (Å²) < 4.78 is 1.48. The van der Waals surface area contributed by atoms with E-state index in [1.165, 1.54) is 4.52 Å². The van der Waals surface area contributed by atoms with E-state index < -0.39 is 0 Å². The van der Waals surface area contributed by atoms with Crippen molar-refractivity contribution in [3.05, 3.63) is 57.9 Å². The van der Waals surface area contributed by atoms with Crippen LogP contribution in [0.15, 0.2) is 30.3 Å². The van der Waals surface area contributed by atoms with Crippen molar-refractivity contribution in [3.8, 4) is 5.88 Å². The molecule has 1 aromatic carbocycles. The number of rotatable bonds is 2. The van der Waals surface area contributed by atoms with Crippen LogP contribution in [0.4, 0.5) is 0 Å². The molecule has 102 valence electrons. The fourth-order valence-electron chi connectivity index (χ4n) is 2.26. The molecule has 0 fully saturated rings. The molecule has 0 aliphatic heterocycles. The van der Waals surface area contributed by atoms with Crippen molar-refractivity contribution in [2.75, 3.05) is 0 Å². The Kier molecular flexibility index (Phi) is 3.10. The molecular weight excluding hydrogens is 274 g/mol. The summed E-state index contributed by atoms with van der Waals surface area (Å²) in [5, 5.41) is 15.3. The molecule has 0 bridgehead atoms. The first-order valence-electron chi connectivity index (χ1n) is 6.34. The number of hydrogen-bond donors (Lipinski definition) is 1. The minimum Gasteiger partial charge on any atom is -0.493 e. The van der Waals surface area contributed by atoms with Gasteiger partial charge in [-0.2, -0.15) is 9.61 Å². The summed E-state index contributed by atoms with van der Waals surface area (Å²) in [6, 6.07) is 9.42. The van der Waals surface area contributed by atoms with Crippen LogP contribution in [-0.2, 0) is 6.42 Å². The third kappa shape index (κ3) is 2.23. The van der Waals surface area contributed by atoms with E-state index in [0.717, 1.165) is 22.5 Å². The molecule has 0 unspecified atom stereocenters. The predicted octanol–water partition coefficient (Wildman–Crippen LogP) is 3.30. The average molecular weight is 288 g/mol. The van der Waals surface area contributed by atoms with Gasteiger partial charge < -0.3 is 5.11 Å². The van der Waals surface area contributed by atoms with Gasteiger partial charge in [-0.15, -0.1) is 0 Å². The van der Waals surface area contributed by atoms with E-state index in [0.29, 0.717) is 17.1 Å². The second kappa shape index (κ2) is 4.80. The molecule has 2 aromatic heterocycles. The molecule has 0 saturated carbocycles. The summed E-state index contributed by atoms with van der Waals surface area (Å²) in [6.45, 7) is 3.77. The molecule has 0 saturated heterocycles. The van der Waals surface area contributed by atoms with E-state index in [2.05, 4.69) is 10.1 Å². The maximum absolute atomic E-state index is 10.4. The van der Waals surface area contributed by atoms with Gasteiger partial charge in [0.1, 0.15) is 0 Å². The first-order chi connectivity index (χ1) is 9.54. The first kappa shape index (κ1) is 12.9. The van der Waals surface area contributed by atoms with E-state index >= 15 is 0 Å². The number of nitrogens with zero attached hydrogens (tertiary/aromatic N) is 3. The van der Waals surface area contributed by atoms with Crippen LogP contribution in [0.5, 0.6) is 5.88 Å². The molecule has 2 heterocycles. The highest BCUT2D eigenvalue weighted by atomic mass is 35.5. The number of halogens is 1. The molecule has 0 aliphatic carbocycles. The van der Waals surface area contributed by atoms with Crippen LogP contribution in [0.25, 0.3) is 5.65 Å². The van der Waals surface area contributed by atoms with Gasteiger partial charge in [0, 0.05) is 28.8 Å². The standard InChI is InChI=1S/C15H14ClN3O/c1-9-7-14-17-10(2)13(15(20)19(14)18-9)8-11-3-5-12(16)6-4-11/h3-7,20H,8H2,1-2H3. The maximum Gasteiger partial charge on any atom is 0.219 e. The molecule has 3 aromatic rings. The van der Waals surface area contributed by atoms with Crippen LogP contribution in [0.2, 0.25) is 5.02 Å². The van der Waals surface area contributed by atoms with E-state index in [-0.39, 0.29) is 5.88 Å². The van der Waals surface area contributed by atoms with E-state index in [1.54, 1.807) is 0 Å². The van der Waals surface area contributed by atoms with Crippen molar-refractivity contribution in [3.63, 3.8) is 0 Å². The number of benzene rings is 1. The molecule has 0 atom stereocenters. The van der Waals surface area contributed by atoms with Crippen LogP contribution in [0, 0.1) is 13.8 Å². The lowest BCUT2D eigenvalue weighted by atomic mass is 10.0. The Hall–Kier alpha value is -2.07. The van der Waals surface area contributed by atoms with Gasteiger partial charge in [0.05, 0.1) is 5.69 Å². The SMILES string of the molecule is Cc1cc2nc(C)c(Cc3ccc(Cl)cc3)c(O)n2n1. The zero-order chi connectivity index (χ0) is 14.3. The van der Waals surface area contributed by atoms with E-state index in [9.17, 15) is 5.11 Å².